The highest BCUT2D eigenvalue weighted by Crippen LogP contribution is 2.37. The summed E-state index contributed by atoms with van der Waals surface area (Å²) < 4.78 is 18.7. The first kappa shape index (κ1) is 17.6. The lowest BCUT2D eigenvalue weighted by Gasteiger charge is -2.24. The van der Waals surface area contributed by atoms with Crippen LogP contribution in [0.5, 0.6) is 0 Å². The van der Waals surface area contributed by atoms with E-state index in [-0.39, 0.29) is 16.4 Å². The van der Waals surface area contributed by atoms with Gasteiger partial charge in [-0.25, -0.2) is 4.39 Å². The molecule has 0 unspecified atom stereocenters. The summed E-state index contributed by atoms with van der Waals surface area (Å²) in [7, 11) is 0. The second-order valence-electron chi connectivity index (χ2n) is 5.72. The van der Waals surface area contributed by atoms with E-state index in [9.17, 15) is 9.18 Å². The van der Waals surface area contributed by atoms with Crippen LogP contribution in [0.3, 0.4) is 0 Å². The van der Waals surface area contributed by atoms with Crippen LogP contribution >= 0.6 is 39.1 Å². The molecule has 128 valence electrons. The van der Waals surface area contributed by atoms with Crippen molar-refractivity contribution in [3.8, 4) is 0 Å². The van der Waals surface area contributed by atoms with Gasteiger partial charge >= 0.3 is 0 Å². The van der Waals surface area contributed by atoms with Gasteiger partial charge in [-0.05, 0) is 58.9 Å². The van der Waals surface area contributed by atoms with Crippen LogP contribution in [0.1, 0.15) is 19.3 Å². The first-order valence-corrected chi connectivity index (χ1v) is 9.56. The first-order valence-electron chi connectivity index (χ1n) is 7.62. The molecule has 24 heavy (non-hydrogen) atoms. The van der Waals surface area contributed by atoms with Gasteiger partial charge in [0, 0.05) is 24.5 Å². The van der Waals surface area contributed by atoms with Crippen molar-refractivity contribution in [2.45, 2.75) is 25.3 Å². The second kappa shape index (κ2) is 7.37. The topological polar surface area (TPSA) is 45.2 Å². The molecular weight excluding hydrogens is 417 g/mol. The van der Waals surface area contributed by atoms with Gasteiger partial charge in [-0.15, -0.1) is 0 Å². The van der Waals surface area contributed by atoms with Crippen molar-refractivity contribution < 1.29 is 9.18 Å². The molecule has 2 aromatic rings. The van der Waals surface area contributed by atoms with Crippen LogP contribution in [0.25, 0.3) is 10.9 Å². The van der Waals surface area contributed by atoms with Gasteiger partial charge in [0.25, 0.3) is 0 Å². The molecule has 0 saturated carbocycles. The van der Waals surface area contributed by atoms with E-state index in [4.69, 9.17) is 11.6 Å². The number of carbonyl (C=O) groups excluding carboxylic acids is 1. The molecule has 1 aromatic carbocycles. The fraction of sp³-hybridized carbons (Fsp3) is 0.375. The van der Waals surface area contributed by atoms with E-state index < -0.39 is 5.82 Å². The van der Waals surface area contributed by atoms with Gasteiger partial charge in [-0.2, -0.15) is 4.37 Å². The maximum atomic E-state index is 14.3. The van der Waals surface area contributed by atoms with E-state index in [1.807, 2.05) is 0 Å². The minimum absolute atomic E-state index is 0.0594. The quantitative estimate of drug-likeness (QED) is 0.558. The molecule has 8 heteroatoms. The molecule has 4 nitrogen and oxygen atoms in total. The maximum absolute atomic E-state index is 14.3. The Morgan fingerprint density at radius 2 is 2.38 bits per heavy atom. The number of aromatic nitrogens is 1. The van der Waals surface area contributed by atoms with E-state index in [1.165, 1.54) is 17.6 Å². The fourth-order valence-corrected chi connectivity index (χ4v) is 4.20. The summed E-state index contributed by atoms with van der Waals surface area (Å²) in [4.78, 5) is 13.7. The molecule has 0 radical (unpaired) electrons. The highest BCUT2D eigenvalue weighted by Gasteiger charge is 2.23. The molecule has 0 bridgehead atoms. The Bertz CT molecular complexity index is 797. The van der Waals surface area contributed by atoms with Crippen molar-refractivity contribution in [3.63, 3.8) is 0 Å². The fourth-order valence-electron chi connectivity index (χ4n) is 2.87. The third-order valence-corrected chi connectivity index (χ3v) is 6.20. The van der Waals surface area contributed by atoms with Crippen LogP contribution in [-0.2, 0) is 4.79 Å². The zero-order valence-corrected chi connectivity index (χ0v) is 16.0. The summed E-state index contributed by atoms with van der Waals surface area (Å²) in [5, 5.41) is 5.16. The number of nitrogens with one attached hydrogen (secondary N) is 1. The summed E-state index contributed by atoms with van der Waals surface area (Å²) in [6.45, 7) is 4.89. The smallest absolute Gasteiger partial charge is 0.246 e. The van der Waals surface area contributed by atoms with Crippen LogP contribution in [0.15, 0.2) is 23.2 Å². The van der Waals surface area contributed by atoms with Gasteiger partial charge in [0.05, 0.1) is 9.50 Å². The van der Waals surface area contributed by atoms with Crippen molar-refractivity contribution in [3.05, 3.63) is 34.0 Å². The lowest BCUT2D eigenvalue weighted by atomic mass is 10.1. The Morgan fingerprint density at radius 3 is 3.12 bits per heavy atom. The zero-order chi connectivity index (χ0) is 17.3. The predicted molar refractivity (Wildman–Crippen MR) is 100 cm³/mol. The number of fused-ring (bicyclic) bond motifs is 1. The standard InChI is InChI=1S/C16H16BrClFN3OS/c1-2-12(23)22-6-4-3-5-9(8-22)20-16-10-7-11(18)13(17)14(19)15(10)21-24-16/h2,7,9,20H,1,3-6,8H2/t9-/m1/s1. The van der Waals surface area contributed by atoms with Gasteiger partial charge in [0.2, 0.25) is 5.91 Å². The third kappa shape index (κ3) is 3.43. The lowest BCUT2D eigenvalue weighted by Crippen LogP contribution is -2.38. The van der Waals surface area contributed by atoms with Gasteiger partial charge in [-0.1, -0.05) is 18.2 Å². The van der Waals surface area contributed by atoms with Crippen LogP contribution in [0.4, 0.5) is 9.39 Å². The largest absolute Gasteiger partial charge is 0.371 e. The Labute approximate surface area is 157 Å². The van der Waals surface area contributed by atoms with Crippen LogP contribution in [-0.4, -0.2) is 34.3 Å². The van der Waals surface area contributed by atoms with Gasteiger partial charge in [0.15, 0.2) is 5.82 Å². The Hall–Kier alpha value is -1.18. The van der Waals surface area contributed by atoms with Gasteiger partial charge in [-0.3, -0.25) is 4.79 Å². The average molecular weight is 433 g/mol. The third-order valence-electron chi connectivity index (χ3n) is 4.10. The number of amides is 1. The molecule has 1 atom stereocenters. The Kier molecular flexibility index (Phi) is 5.42. The van der Waals surface area contributed by atoms with E-state index >= 15 is 0 Å². The molecule has 1 saturated heterocycles. The van der Waals surface area contributed by atoms with Crippen LogP contribution < -0.4 is 5.32 Å². The summed E-state index contributed by atoms with van der Waals surface area (Å²) in [5.41, 5.74) is 0.298. The molecule has 3 rings (SSSR count). The summed E-state index contributed by atoms with van der Waals surface area (Å²) >= 11 is 10.4. The highest BCUT2D eigenvalue weighted by molar-refractivity contribution is 9.10. The van der Waals surface area contributed by atoms with E-state index in [2.05, 4.69) is 32.2 Å². The number of hydrogen-bond donors (Lipinski definition) is 1. The van der Waals surface area contributed by atoms with Crippen molar-refractivity contribution in [1.29, 1.82) is 0 Å². The van der Waals surface area contributed by atoms with Crippen molar-refractivity contribution in [2.75, 3.05) is 18.4 Å². The molecule has 0 spiro atoms. The molecule has 0 aliphatic carbocycles. The van der Waals surface area contributed by atoms with E-state index in [0.717, 1.165) is 30.8 Å². The molecule has 1 aromatic heterocycles. The first-order chi connectivity index (χ1) is 11.5. The second-order valence-corrected chi connectivity index (χ2v) is 7.69. The number of halogens is 3. The van der Waals surface area contributed by atoms with Crippen molar-refractivity contribution in [1.82, 2.24) is 9.27 Å². The minimum Gasteiger partial charge on any atom is -0.371 e. The zero-order valence-electron chi connectivity index (χ0n) is 12.8. The number of likely N-dealkylation sites (tertiary alicyclic amines) is 1. The van der Waals surface area contributed by atoms with Crippen LogP contribution in [0.2, 0.25) is 5.02 Å². The number of anilines is 1. The normalized spacial score (nSPS) is 18.5. The molecule has 1 N–H and O–H groups in total. The highest BCUT2D eigenvalue weighted by atomic mass is 79.9. The van der Waals surface area contributed by atoms with Crippen LogP contribution in [0, 0.1) is 5.82 Å². The molecule has 2 heterocycles. The van der Waals surface area contributed by atoms with Gasteiger partial charge in [0.1, 0.15) is 10.5 Å². The molecule has 1 amide bonds. The average Bonchev–Trinajstić information content (AvgIpc) is 2.81. The van der Waals surface area contributed by atoms with E-state index in [1.54, 1.807) is 11.0 Å². The number of carbonyl (C=O) groups is 1. The monoisotopic (exact) mass is 431 g/mol. The minimum atomic E-state index is -0.453. The summed E-state index contributed by atoms with van der Waals surface area (Å²) in [6, 6.07) is 1.80. The van der Waals surface area contributed by atoms with Gasteiger partial charge < -0.3 is 10.2 Å². The number of rotatable bonds is 3. The molecular formula is C16H16BrClFN3OS. The lowest BCUT2D eigenvalue weighted by molar-refractivity contribution is -0.126. The van der Waals surface area contributed by atoms with Crippen molar-refractivity contribution >= 4 is 60.9 Å². The summed E-state index contributed by atoms with van der Waals surface area (Å²) in [5.74, 6) is -0.512. The maximum Gasteiger partial charge on any atom is 0.246 e. The number of benzene rings is 1. The van der Waals surface area contributed by atoms with E-state index in [0.29, 0.717) is 22.5 Å². The SMILES string of the molecule is C=CC(=O)N1CCCC[C@@H](Nc2snc3c(F)c(Br)c(Cl)cc23)C1. The van der Waals surface area contributed by atoms with Crippen molar-refractivity contribution in [2.24, 2.45) is 0 Å². The molecule has 1 aliphatic rings. The molecule has 1 fully saturated rings. The number of hydrogen-bond acceptors (Lipinski definition) is 4. The predicted octanol–water partition coefficient (Wildman–Crippen LogP) is 4.83. The molecule has 1 aliphatic heterocycles. The Morgan fingerprint density at radius 1 is 1.58 bits per heavy atom. The summed E-state index contributed by atoms with van der Waals surface area (Å²) in [6.07, 6.45) is 4.27. The number of nitrogens with zero attached hydrogens (tertiary/aromatic N) is 2. The Balaban J connectivity index is 1.86.